The molecule has 1 atom stereocenters. The number of nitrogens with zero attached hydrogens (tertiary/aromatic N) is 3. The van der Waals surface area contributed by atoms with Gasteiger partial charge in [0.1, 0.15) is 11.7 Å². The number of amidine groups is 1. The van der Waals surface area contributed by atoms with Crippen LogP contribution in [0.25, 0.3) is 0 Å². The summed E-state index contributed by atoms with van der Waals surface area (Å²) in [6.07, 6.45) is 15.2. The highest BCUT2D eigenvalue weighted by atomic mass is 15.3. The molecule has 0 aromatic carbocycles. The number of hydrogen-bond donors (Lipinski definition) is 7. The molecule has 3 heterocycles. The highest BCUT2D eigenvalue weighted by molar-refractivity contribution is 5.94. The van der Waals surface area contributed by atoms with Crippen LogP contribution in [0, 0.1) is 0 Å². The van der Waals surface area contributed by atoms with E-state index >= 15 is 0 Å². The number of nitrogens with one attached hydrogen (secondary N) is 7. The molecule has 2 fully saturated rings. The highest BCUT2D eigenvalue weighted by Gasteiger charge is 2.19. The fourth-order valence-electron chi connectivity index (χ4n) is 5.19. The maximum Gasteiger partial charge on any atom is 0.176 e. The first kappa shape index (κ1) is 27.0. The van der Waals surface area contributed by atoms with E-state index in [1.807, 2.05) is 0 Å². The molecule has 1 aliphatic carbocycles. The third kappa shape index (κ3) is 9.46. The van der Waals surface area contributed by atoms with Gasteiger partial charge in [-0.3, -0.25) is 10.4 Å². The second-order valence-electron chi connectivity index (χ2n) is 10.3. The lowest BCUT2D eigenvalue weighted by molar-refractivity contribution is 0.371. The molecule has 1 aromatic rings. The predicted octanol–water partition coefficient (Wildman–Crippen LogP) is 1.65. The van der Waals surface area contributed by atoms with Gasteiger partial charge in [0.15, 0.2) is 12.1 Å². The summed E-state index contributed by atoms with van der Waals surface area (Å²) in [4.78, 5) is 9.49. The van der Waals surface area contributed by atoms with Gasteiger partial charge >= 0.3 is 0 Å². The molecule has 0 amide bonds. The number of aliphatic imine (C=N–C) groups is 1. The lowest BCUT2D eigenvalue weighted by Gasteiger charge is -2.28. The van der Waals surface area contributed by atoms with Gasteiger partial charge in [-0.05, 0) is 83.7 Å². The Morgan fingerprint density at radius 1 is 0.944 bits per heavy atom. The molecule has 202 valence electrons. The minimum absolute atomic E-state index is 0.167. The Kier molecular flexibility index (Phi) is 11.5. The zero-order chi connectivity index (χ0) is 24.8. The van der Waals surface area contributed by atoms with Crippen LogP contribution in [0.15, 0.2) is 16.8 Å². The quantitative estimate of drug-likeness (QED) is 0.192. The SMILES string of the molecule is CCC1=CC(NC2CCNCC2)=NC(NCc2nc(CCCNCCCNC3CCCCC3)n[nH]2)N1. The largest absolute Gasteiger partial charge is 0.367 e. The van der Waals surface area contributed by atoms with E-state index in [0.29, 0.717) is 12.6 Å². The van der Waals surface area contributed by atoms with Gasteiger partial charge in [-0.15, -0.1) is 0 Å². The number of H-pyrrole nitrogens is 1. The average molecular weight is 501 g/mol. The van der Waals surface area contributed by atoms with E-state index in [1.54, 1.807) is 0 Å². The van der Waals surface area contributed by atoms with E-state index in [2.05, 4.69) is 60.1 Å². The van der Waals surface area contributed by atoms with Crippen LogP contribution in [0.1, 0.15) is 82.8 Å². The van der Waals surface area contributed by atoms with Crippen LogP contribution >= 0.6 is 0 Å². The Morgan fingerprint density at radius 2 is 1.78 bits per heavy atom. The third-order valence-corrected chi connectivity index (χ3v) is 7.34. The molecule has 10 heteroatoms. The number of aromatic nitrogens is 3. The molecule has 4 rings (SSSR count). The molecule has 1 aromatic heterocycles. The van der Waals surface area contributed by atoms with Gasteiger partial charge in [-0.25, -0.2) is 9.98 Å². The van der Waals surface area contributed by atoms with Crippen molar-refractivity contribution in [1.29, 1.82) is 0 Å². The fourth-order valence-corrected chi connectivity index (χ4v) is 5.19. The molecule has 1 saturated carbocycles. The maximum absolute atomic E-state index is 4.83. The van der Waals surface area contributed by atoms with E-state index in [-0.39, 0.29) is 6.29 Å². The Bertz CT molecular complexity index is 807. The van der Waals surface area contributed by atoms with E-state index in [0.717, 1.165) is 88.4 Å². The predicted molar refractivity (Wildman–Crippen MR) is 146 cm³/mol. The number of hydrogen-bond acceptors (Lipinski definition) is 9. The lowest BCUT2D eigenvalue weighted by Crippen LogP contribution is -2.48. The Labute approximate surface area is 216 Å². The van der Waals surface area contributed by atoms with Crippen LogP contribution in [0.2, 0.25) is 0 Å². The van der Waals surface area contributed by atoms with Crippen molar-refractivity contribution in [3.63, 3.8) is 0 Å². The molecule has 0 radical (unpaired) electrons. The Hall–Kier alpha value is -2.01. The summed E-state index contributed by atoms with van der Waals surface area (Å²) in [6, 6.07) is 1.25. The number of aromatic amines is 1. The van der Waals surface area contributed by atoms with Gasteiger partial charge in [0.05, 0.1) is 6.54 Å². The zero-order valence-electron chi connectivity index (χ0n) is 22.2. The normalized spacial score (nSPS) is 21.6. The first-order chi connectivity index (χ1) is 17.8. The Morgan fingerprint density at radius 3 is 2.61 bits per heavy atom. The molecular weight excluding hydrogens is 452 g/mol. The van der Waals surface area contributed by atoms with E-state index < -0.39 is 0 Å². The molecule has 0 bridgehead atoms. The van der Waals surface area contributed by atoms with Crippen molar-refractivity contribution in [1.82, 2.24) is 47.1 Å². The smallest absolute Gasteiger partial charge is 0.176 e. The molecule has 0 spiro atoms. The van der Waals surface area contributed by atoms with E-state index in [4.69, 9.17) is 4.99 Å². The monoisotopic (exact) mass is 500 g/mol. The summed E-state index contributed by atoms with van der Waals surface area (Å²) >= 11 is 0. The van der Waals surface area contributed by atoms with Crippen LogP contribution in [0.5, 0.6) is 0 Å². The van der Waals surface area contributed by atoms with Gasteiger partial charge in [-0.1, -0.05) is 26.2 Å². The van der Waals surface area contributed by atoms with Crippen LogP contribution < -0.4 is 31.9 Å². The van der Waals surface area contributed by atoms with Crippen molar-refractivity contribution in [3.05, 3.63) is 23.4 Å². The summed E-state index contributed by atoms with van der Waals surface area (Å²) in [6.45, 7) is 8.09. The van der Waals surface area contributed by atoms with Crippen LogP contribution in [-0.4, -0.2) is 72.1 Å². The standard InChI is InChI=1S/C26H48N10/c1-2-20-18-24(31-22-11-16-28-17-12-22)34-26(32-20)30-19-25-33-23(35-36-25)10-6-13-27-14-7-15-29-21-8-4-3-5-9-21/h18,21-22,26-30,32H,2-17,19H2,1H3,(H,31,34)(H,33,35,36). The van der Waals surface area contributed by atoms with Gasteiger partial charge in [0, 0.05) is 24.2 Å². The zero-order valence-corrected chi connectivity index (χ0v) is 22.2. The second-order valence-corrected chi connectivity index (χ2v) is 10.3. The molecule has 1 saturated heterocycles. The van der Waals surface area contributed by atoms with Crippen LogP contribution in [0.3, 0.4) is 0 Å². The summed E-state index contributed by atoms with van der Waals surface area (Å²) < 4.78 is 0. The van der Waals surface area contributed by atoms with Crippen LogP contribution in [0.4, 0.5) is 0 Å². The van der Waals surface area contributed by atoms with E-state index in [9.17, 15) is 0 Å². The second kappa shape index (κ2) is 15.3. The van der Waals surface area contributed by atoms with Gasteiger partial charge in [-0.2, -0.15) is 5.10 Å². The van der Waals surface area contributed by atoms with Gasteiger partial charge < -0.3 is 26.6 Å². The van der Waals surface area contributed by atoms with Gasteiger partial charge in [0.25, 0.3) is 0 Å². The number of rotatable bonds is 14. The van der Waals surface area contributed by atoms with Crippen molar-refractivity contribution in [2.24, 2.45) is 4.99 Å². The average Bonchev–Trinajstić information content (AvgIpc) is 3.38. The fraction of sp³-hybridized carbons (Fsp3) is 0.808. The lowest BCUT2D eigenvalue weighted by atomic mass is 9.95. The van der Waals surface area contributed by atoms with E-state index in [1.165, 1.54) is 44.2 Å². The van der Waals surface area contributed by atoms with Crippen molar-refractivity contribution in [2.45, 2.75) is 102 Å². The molecular formula is C26H48N10. The summed E-state index contributed by atoms with van der Waals surface area (Å²) in [5.74, 6) is 2.70. The number of piperidine rings is 1. The highest BCUT2D eigenvalue weighted by Crippen LogP contribution is 2.17. The van der Waals surface area contributed by atoms with Crippen molar-refractivity contribution in [2.75, 3.05) is 32.7 Å². The number of allylic oxidation sites excluding steroid dienone is 1. The van der Waals surface area contributed by atoms with Gasteiger partial charge in [0.2, 0.25) is 0 Å². The van der Waals surface area contributed by atoms with Crippen LogP contribution in [-0.2, 0) is 13.0 Å². The molecule has 2 aliphatic heterocycles. The first-order valence-electron chi connectivity index (χ1n) is 14.4. The summed E-state index contributed by atoms with van der Waals surface area (Å²) in [7, 11) is 0. The summed E-state index contributed by atoms with van der Waals surface area (Å²) in [5, 5.41) is 28.7. The topological polar surface area (TPSA) is 126 Å². The van der Waals surface area contributed by atoms with Crippen molar-refractivity contribution in [3.8, 4) is 0 Å². The molecule has 36 heavy (non-hydrogen) atoms. The first-order valence-corrected chi connectivity index (χ1v) is 14.4. The maximum atomic E-state index is 4.83. The molecule has 10 nitrogen and oxygen atoms in total. The molecule has 7 N–H and O–H groups in total. The molecule has 1 unspecified atom stereocenters. The third-order valence-electron chi connectivity index (χ3n) is 7.34. The molecule has 3 aliphatic rings. The minimum Gasteiger partial charge on any atom is -0.367 e. The number of aryl methyl sites for hydroxylation is 1. The van der Waals surface area contributed by atoms with Crippen molar-refractivity contribution >= 4 is 5.84 Å². The van der Waals surface area contributed by atoms with Crippen molar-refractivity contribution < 1.29 is 0 Å². The minimum atomic E-state index is -0.167. The summed E-state index contributed by atoms with van der Waals surface area (Å²) in [5.41, 5.74) is 1.19. The Balaban J connectivity index is 1.09.